The summed E-state index contributed by atoms with van der Waals surface area (Å²) in [7, 11) is 0. The number of nitrogens with zero attached hydrogens (tertiary/aromatic N) is 3. The number of Topliss-reactive ketones (excluding diaryl/α,β-unsaturated/α-hetero) is 1. The van der Waals surface area contributed by atoms with E-state index in [1.54, 1.807) is 6.92 Å². The van der Waals surface area contributed by atoms with Crippen molar-refractivity contribution in [1.29, 1.82) is 0 Å². The molecule has 0 atom stereocenters. The fraction of sp³-hybridized carbons (Fsp3) is 0.235. The summed E-state index contributed by atoms with van der Waals surface area (Å²) in [6, 6.07) is 11.9. The number of rotatable bonds is 3. The number of benzene rings is 1. The number of carbonyl (C=O) groups is 1. The maximum atomic E-state index is 11.7. The Morgan fingerprint density at radius 3 is 2.57 bits per heavy atom. The minimum atomic E-state index is -0.0231. The Hall–Kier alpha value is -2.49. The van der Waals surface area contributed by atoms with Crippen LogP contribution >= 0.6 is 0 Å². The topological polar surface area (TPSA) is 47.3 Å². The summed E-state index contributed by atoms with van der Waals surface area (Å²) < 4.78 is 1.85. The molecule has 0 bridgehead atoms. The largest absolute Gasteiger partial charge is 0.293 e. The van der Waals surface area contributed by atoms with E-state index in [0.29, 0.717) is 5.69 Å². The van der Waals surface area contributed by atoms with Crippen molar-refractivity contribution in [1.82, 2.24) is 14.6 Å². The average molecular weight is 279 g/mol. The Balaban J connectivity index is 2.38. The lowest BCUT2D eigenvalue weighted by molar-refractivity contribution is 0.101. The highest BCUT2D eigenvalue weighted by atomic mass is 16.1. The molecule has 21 heavy (non-hydrogen) atoms. The highest BCUT2D eigenvalue weighted by molar-refractivity contribution is 5.93. The molecule has 0 saturated heterocycles. The van der Waals surface area contributed by atoms with Gasteiger partial charge in [-0.2, -0.15) is 5.10 Å². The van der Waals surface area contributed by atoms with Gasteiger partial charge in [-0.3, -0.25) is 4.79 Å². The third kappa shape index (κ3) is 2.23. The third-order valence-corrected chi connectivity index (χ3v) is 3.62. The van der Waals surface area contributed by atoms with Gasteiger partial charge in [0.25, 0.3) is 0 Å². The molecule has 106 valence electrons. The first-order valence-corrected chi connectivity index (χ1v) is 7.07. The number of ketones is 1. The van der Waals surface area contributed by atoms with E-state index >= 15 is 0 Å². The maximum absolute atomic E-state index is 11.7. The van der Waals surface area contributed by atoms with Gasteiger partial charge in [-0.15, -0.1) is 0 Å². The Morgan fingerprint density at radius 1 is 1.24 bits per heavy atom. The normalized spacial score (nSPS) is 11.0. The Labute approximate surface area is 123 Å². The number of fused-ring (bicyclic) bond motifs is 1. The zero-order valence-electron chi connectivity index (χ0n) is 12.4. The van der Waals surface area contributed by atoms with E-state index < -0.39 is 0 Å². The van der Waals surface area contributed by atoms with Crippen LogP contribution in [0.1, 0.15) is 35.7 Å². The predicted molar refractivity (Wildman–Crippen MR) is 82.5 cm³/mol. The molecule has 0 aliphatic heterocycles. The Bertz CT molecular complexity index is 819. The molecular formula is C17H17N3O. The summed E-state index contributed by atoms with van der Waals surface area (Å²) in [6.45, 7) is 5.57. The van der Waals surface area contributed by atoms with Crippen molar-refractivity contribution in [3.8, 4) is 11.1 Å². The van der Waals surface area contributed by atoms with Crippen LogP contribution in [-0.2, 0) is 6.42 Å². The summed E-state index contributed by atoms with van der Waals surface area (Å²) in [5.74, 6) is -0.0231. The lowest BCUT2D eigenvalue weighted by Crippen LogP contribution is -2.05. The summed E-state index contributed by atoms with van der Waals surface area (Å²) in [4.78, 5) is 16.3. The summed E-state index contributed by atoms with van der Waals surface area (Å²) in [5.41, 5.74) is 5.23. The lowest BCUT2D eigenvalue weighted by Gasteiger charge is -2.05. The van der Waals surface area contributed by atoms with Crippen LogP contribution in [0.3, 0.4) is 0 Å². The van der Waals surface area contributed by atoms with E-state index in [0.717, 1.165) is 34.6 Å². The fourth-order valence-electron chi connectivity index (χ4n) is 2.56. The molecule has 0 aliphatic carbocycles. The van der Waals surface area contributed by atoms with Gasteiger partial charge < -0.3 is 0 Å². The number of aryl methyl sites for hydroxylation is 2. The van der Waals surface area contributed by atoms with Gasteiger partial charge in [-0.1, -0.05) is 37.3 Å². The molecule has 0 N–H and O–H groups in total. The monoisotopic (exact) mass is 279 g/mol. The van der Waals surface area contributed by atoms with Gasteiger partial charge in [0.15, 0.2) is 11.4 Å². The molecule has 4 nitrogen and oxygen atoms in total. The fourth-order valence-corrected chi connectivity index (χ4v) is 2.56. The number of hydrogen-bond donors (Lipinski definition) is 0. The van der Waals surface area contributed by atoms with Crippen molar-refractivity contribution in [2.45, 2.75) is 27.2 Å². The SMILES string of the molecule is CCc1cc(C(C)=O)nc2c(-c3ccccc3)c(C)nn12. The first-order chi connectivity index (χ1) is 10.1. The van der Waals surface area contributed by atoms with E-state index in [9.17, 15) is 4.79 Å². The highest BCUT2D eigenvalue weighted by Crippen LogP contribution is 2.28. The number of carbonyl (C=O) groups excluding carboxylic acids is 1. The van der Waals surface area contributed by atoms with Crippen LogP contribution in [0.2, 0.25) is 0 Å². The minimum absolute atomic E-state index is 0.0231. The van der Waals surface area contributed by atoms with E-state index in [1.807, 2.05) is 47.8 Å². The average Bonchev–Trinajstić information content (AvgIpc) is 2.82. The second-order valence-corrected chi connectivity index (χ2v) is 5.10. The van der Waals surface area contributed by atoms with E-state index in [2.05, 4.69) is 17.0 Å². The minimum Gasteiger partial charge on any atom is -0.293 e. The van der Waals surface area contributed by atoms with Gasteiger partial charge in [0.2, 0.25) is 0 Å². The molecule has 0 fully saturated rings. The summed E-state index contributed by atoms with van der Waals surface area (Å²) >= 11 is 0. The second kappa shape index (κ2) is 5.13. The highest BCUT2D eigenvalue weighted by Gasteiger charge is 2.17. The van der Waals surface area contributed by atoms with Crippen LogP contribution in [0.25, 0.3) is 16.8 Å². The molecule has 3 rings (SSSR count). The van der Waals surface area contributed by atoms with Gasteiger partial charge in [-0.05, 0) is 25.0 Å². The molecule has 0 unspecified atom stereocenters. The quantitative estimate of drug-likeness (QED) is 0.690. The smallest absolute Gasteiger partial charge is 0.178 e. The molecule has 0 aliphatic rings. The third-order valence-electron chi connectivity index (χ3n) is 3.62. The molecule has 2 heterocycles. The molecule has 2 aromatic heterocycles. The zero-order chi connectivity index (χ0) is 15.0. The number of hydrogen-bond acceptors (Lipinski definition) is 3. The van der Waals surface area contributed by atoms with E-state index in [4.69, 9.17) is 0 Å². The van der Waals surface area contributed by atoms with Gasteiger partial charge in [0.1, 0.15) is 5.69 Å². The summed E-state index contributed by atoms with van der Waals surface area (Å²) in [6.07, 6.45) is 0.800. The van der Waals surface area contributed by atoms with Crippen molar-refractivity contribution in [2.75, 3.05) is 0 Å². The summed E-state index contributed by atoms with van der Waals surface area (Å²) in [5, 5.41) is 4.60. The van der Waals surface area contributed by atoms with Crippen molar-refractivity contribution in [2.24, 2.45) is 0 Å². The van der Waals surface area contributed by atoms with Crippen molar-refractivity contribution >= 4 is 11.4 Å². The molecule has 0 spiro atoms. The van der Waals surface area contributed by atoms with Crippen molar-refractivity contribution in [3.05, 3.63) is 53.5 Å². The van der Waals surface area contributed by atoms with Gasteiger partial charge in [-0.25, -0.2) is 9.50 Å². The van der Waals surface area contributed by atoms with E-state index in [1.165, 1.54) is 0 Å². The molecule has 1 aromatic carbocycles. The predicted octanol–water partition coefficient (Wildman–Crippen LogP) is 3.47. The molecular weight excluding hydrogens is 262 g/mol. The molecule has 0 amide bonds. The Kier molecular flexibility index (Phi) is 3.29. The molecule has 0 radical (unpaired) electrons. The van der Waals surface area contributed by atoms with Crippen molar-refractivity contribution in [3.63, 3.8) is 0 Å². The second-order valence-electron chi connectivity index (χ2n) is 5.10. The van der Waals surface area contributed by atoms with Crippen LogP contribution in [0.15, 0.2) is 36.4 Å². The van der Waals surface area contributed by atoms with Gasteiger partial charge >= 0.3 is 0 Å². The Morgan fingerprint density at radius 2 is 1.95 bits per heavy atom. The van der Waals surface area contributed by atoms with Gasteiger partial charge in [0, 0.05) is 18.2 Å². The molecule has 4 heteroatoms. The van der Waals surface area contributed by atoms with Crippen molar-refractivity contribution < 1.29 is 4.79 Å². The van der Waals surface area contributed by atoms with Crippen LogP contribution in [0, 0.1) is 6.92 Å². The standard InChI is InChI=1S/C17H17N3O/c1-4-14-10-15(12(3)21)18-17-16(11(2)19-20(14)17)13-8-6-5-7-9-13/h5-10H,4H2,1-3H3. The van der Waals surface area contributed by atoms with E-state index in [-0.39, 0.29) is 5.78 Å². The maximum Gasteiger partial charge on any atom is 0.178 e. The van der Waals surface area contributed by atoms with Crippen LogP contribution in [0.5, 0.6) is 0 Å². The zero-order valence-corrected chi connectivity index (χ0v) is 12.4. The van der Waals surface area contributed by atoms with Crippen LogP contribution in [0.4, 0.5) is 0 Å². The first-order valence-electron chi connectivity index (χ1n) is 7.07. The van der Waals surface area contributed by atoms with Gasteiger partial charge in [0.05, 0.1) is 5.69 Å². The molecule has 3 aromatic rings. The van der Waals surface area contributed by atoms with Crippen LogP contribution < -0.4 is 0 Å². The number of aromatic nitrogens is 3. The first kappa shape index (κ1) is 13.5. The lowest BCUT2D eigenvalue weighted by atomic mass is 10.1. The van der Waals surface area contributed by atoms with Crippen LogP contribution in [-0.4, -0.2) is 20.4 Å². The molecule has 0 saturated carbocycles.